The van der Waals surface area contributed by atoms with E-state index in [1.54, 1.807) is 23.0 Å². The molecule has 0 spiro atoms. The van der Waals surface area contributed by atoms with Crippen molar-refractivity contribution in [2.24, 2.45) is 0 Å². The van der Waals surface area contributed by atoms with E-state index in [0.29, 0.717) is 36.7 Å². The van der Waals surface area contributed by atoms with Crippen LogP contribution in [0.2, 0.25) is 0 Å². The van der Waals surface area contributed by atoms with Gasteiger partial charge in [-0.1, -0.05) is 18.0 Å². The molecule has 1 atom stereocenters. The number of ether oxygens (including phenoxy) is 1. The summed E-state index contributed by atoms with van der Waals surface area (Å²) >= 11 is 0. The summed E-state index contributed by atoms with van der Waals surface area (Å²) in [4.78, 5) is 0.260. The SMILES string of the molecule is CCn1ncc(S(=O)(=O)N2CCCCCC2c2cc(-c3ccc(OC)cc3)no2)c1C. The Hall–Kier alpha value is -2.65. The molecule has 1 fully saturated rings. The van der Waals surface area contributed by atoms with Gasteiger partial charge in [-0.15, -0.1) is 0 Å². The lowest BCUT2D eigenvalue weighted by molar-refractivity contribution is 0.259. The van der Waals surface area contributed by atoms with Crippen molar-refractivity contribution in [1.29, 1.82) is 0 Å². The molecule has 1 unspecified atom stereocenters. The average Bonchev–Trinajstić information content (AvgIpc) is 3.33. The molecule has 0 bridgehead atoms. The molecular formula is C22H28N4O4S. The Balaban J connectivity index is 1.68. The number of rotatable bonds is 6. The lowest BCUT2D eigenvalue weighted by Gasteiger charge is -2.27. The van der Waals surface area contributed by atoms with Crippen molar-refractivity contribution in [3.63, 3.8) is 0 Å². The van der Waals surface area contributed by atoms with Crippen LogP contribution in [0.1, 0.15) is 50.1 Å². The predicted molar refractivity (Wildman–Crippen MR) is 116 cm³/mol. The summed E-state index contributed by atoms with van der Waals surface area (Å²) < 4.78 is 41.4. The maximum absolute atomic E-state index is 13.6. The number of hydrogen-bond acceptors (Lipinski definition) is 6. The summed E-state index contributed by atoms with van der Waals surface area (Å²) in [6.45, 7) is 4.81. The van der Waals surface area contributed by atoms with E-state index in [1.807, 2.05) is 37.3 Å². The smallest absolute Gasteiger partial charge is 0.247 e. The van der Waals surface area contributed by atoms with E-state index < -0.39 is 16.1 Å². The molecule has 3 aromatic rings. The first-order valence-corrected chi connectivity index (χ1v) is 12.0. The Bertz CT molecular complexity index is 1130. The van der Waals surface area contributed by atoms with Gasteiger partial charge >= 0.3 is 0 Å². The molecule has 3 heterocycles. The Morgan fingerprint density at radius 2 is 1.97 bits per heavy atom. The molecule has 0 N–H and O–H groups in total. The van der Waals surface area contributed by atoms with Gasteiger partial charge in [-0.05, 0) is 51.0 Å². The molecule has 8 nitrogen and oxygen atoms in total. The molecule has 1 aromatic carbocycles. The first-order chi connectivity index (χ1) is 15.0. The van der Waals surface area contributed by atoms with Gasteiger partial charge in [0.2, 0.25) is 10.0 Å². The maximum atomic E-state index is 13.6. The highest BCUT2D eigenvalue weighted by Gasteiger charge is 2.37. The Kier molecular flexibility index (Phi) is 6.15. The summed E-state index contributed by atoms with van der Waals surface area (Å²) in [6.07, 6.45) is 4.88. The lowest BCUT2D eigenvalue weighted by atomic mass is 10.1. The van der Waals surface area contributed by atoms with Crippen LogP contribution in [0.15, 0.2) is 45.9 Å². The summed E-state index contributed by atoms with van der Waals surface area (Å²) in [5.41, 5.74) is 2.22. The van der Waals surface area contributed by atoms with Crippen LogP contribution < -0.4 is 4.74 Å². The lowest BCUT2D eigenvalue weighted by Crippen LogP contribution is -2.35. The topological polar surface area (TPSA) is 90.5 Å². The molecule has 1 aliphatic rings. The van der Waals surface area contributed by atoms with Gasteiger partial charge in [0.1, 0.15) is 16.3 Å². The number of methoxy groups -OCH3 is 1. The van der Waals surface area contributed by atoms with Crippen LogP contribution in [0.3, 0.4) is 0 Å². The molecule has 0 aliphatic carbocycles. The van der Waals surface area contributed by atoms with Crippen molar-refractivity contribution in [2.75, 3.05) is 13.7 Å². The fourth-order valence-corrected chi connectivity index (χ4v) is 5.95. The standard InChI is InChI=1S/C22H28N4O4S/c1-4-25-16(2)22(15-23-25)31(27,28)26-13-7-5-6-8-20(26)21-14-19(24-30-21)17-9-11-18(29-3)12-10-17/h9-12,14-15,20H,4-8,13H2,1-3H3. The molecule has 0 amide bonds. The van der Waals surface area contributed by atoms with Crippen LogP contribution in [0.4, 0.5) is 0 Å². The number of benzene rings is 1. The summed E-state index contributed by atoms with van der Waals surface area (Å²) in [5.74, 6) is 1.33. The zero-order chi connectivity index (χ0) is 22.0. The summed E-state index contributed by atoms with van der Waals surface area (Å²) in [5, 5.41) is 8.46. The zero-order valence-electron chi connectivity index (χ0n) is 18.1. The van der Waals surface area contributed by atoms with Crippen molar-refractivity contribution >= 4 is 10.0 Å². The molecule has 4 rings (SSSR count). The van der Waals surface area contributed by atoms with Gasteiger partial charge in [-0.3, -0.25) is 4.68 Å². The highest BCUT2D eigenvalue weighted by Crippen LogP contribution is 2.37. The second kappa shape index (κ2) is 8.84. The molecule has 9 heteroatoms. The van der Waals surface area contributed by atoms with Crippen molar-refractivity contribution < 1.29 is 17.7 Å². The predicted octanol–water partition coefficient (Wildman–Crippen LogP) is 4.18. The Labute approximate surface area is 182 Å². The molecule has 0 saturated carbocycles. The molecule has 166 valence electrons. The van der Waals surface area contributed by atoms with Crippen LogP contribution in [-0.4, -0.2) is 41.3 Å². The van der Waals surface area contributed by atoms with Crippen molar-refractivity contribution in [2.45, 2.75) is 57.0 Å². The average molecular weight is 445 g/mol. The van der Waals surface area contributed by atoms with E-state index in [4.69, 9.17) is 9.26 Å². The molecule has 2 aromatic heterocycles. The van der Waals surface area contributed by atoms with Gasteiger partial charge in [-0.25, -0.2) is 8.42 Å². The first-order valence-electron chi connectivity index (χ1n) is 10.6. The van der Waals surface area contributed by atoms with Gasteiger partial charge in [0.15, 0.2) is 5.76 Å². The van der Waals surface area contributed by atoms with Gasteiger partial charge in [0, 0.05) is 24.7 Å². The van der Waals surface area contributed by atoms with E-state index in [0.717, 1.165) is 30.6 Å². The number of hydrogen-bond donors (Lipinski definition) is 0. The second-order valence-corrected chi connectivity index (χ2v) is 9.59. The van der Waals surface area contributed by atoms with Crippen molar-refractivity contribution in [3.05, 3.63) is 48.0 Å². The molecule has 31 heavy (non-hydrogen) atoms. The quantitative estimate of drug-likeness (QED) is 0.566. The van der Waals surface area contributed by atoms with E-state index >= 15 is 0 Å². The third kappa shape index (κ3) is 4.12. The van der Waals surface area contributed by atoms with Gasteiger partial charge in [0.25, 0.3) is 0 Å². The zero-order valence-corrected chi connectivity index (χ0v) is 18.9. The van der Waals surface area contributed by atoms with Gasteiger partial charge < -0.3 is 9.26 Å². The van der Waals surface area contributed by atoms with Gasteiger partial charge in [-0.2, -0.15) is 9.40 Å². The summed E-state index contributed by atoms with van der Waals surface area (Å²) in [6, 6.07) is 8.99. The van der Waals surface area contributed by atoms with Crippen molar-refractivity contribution in [1.82, 2.24) is 19.2 Å². The minimum Gasteiger partial charge on any atom is -0.497 e. The molecular weight excluding hydrogens is 416 g/mol. The largest absolute Gasteiger partial charge is 0.497 e. The number of nitrogens with zero attached hydrogens (tertiary/aromatic N) is 4. The Morgan fingerprint density at radius 3 is 2.65 bits per heavy atom. The van der Waals surface area contributed by atoms with E-state index in [2.05, 4.69) is 10.3 Å². The van der Waals surface area contributed by atoms with Crippen LogP contribution in [0, 0.1) is 6.92 Å². The van der Waals surface area contributed by atoms with Crippen LogP contribution in [-0.2, 0) is 16.6 Å². The molecule has 0 radical (unpaired) electrons. The fraction of sp³-hybridized carbons (Fsp3) is 0.455. The van der Waals surface area contributed by atoms with Crippen LogP contribution in [0.25, 0.3) is 11.3 Å². The summed E-state index contributed by atoms with van der Waals surface area (Å²) in [7, 11) is -2.10. The van der Waals surface area contributed by atoms with Crippen LogP contribution >= 0.6 is 0 Å². The minimum absolute atomic E-state index is 0.260. The number of aryl methyl sites for hydroxylation is 1. The van der Waals surface area contributed by atoms with Crippen molar-refractivity contribution in [3.8, 4) is 17.0 Å². The molecule has 1 saturated heterocycles. The molecule has 1 aliphatic heterocycles. The van der Waals surface area contributed by atoms with Gasteiger partial charge in [0.05, 0.1) is 25.0 Å². The number of aromatic nitrogens is 3. The normalized spacial score (nSPS) is 18.1. The Morgan fingerprint density at radius 1 is 1.19 bits per heavy atom. The van der Waals surface area contributed by atoms with Crippen LogP contribution in [0.5, 0.6) is 5.75 Å². The fourth-order valence-electron chi connectivity index (χ4n) is 4.13. The van der Waals surface area contributed by atoms with E-state index in [1.165, 1.54) is 6.20 Å². The third-order valence-electron chi connectivity index (χ3n) is 5.89. The monoisotopic (exact) mass is 444 g/mol. The highest BCUT2D eigenvalue weighted by atomic mass is 32.2. The minimum atomic E-state index is -3.72. The third-order valence-corrected chi connectivity index (χ3v) is 7.90. The second-order valence-electron chi connectivity index (χ2n) is 7.73. The maximum Gasteiger partial charge on any atom is 0.247 e. The van der Waals surface area contributed by atoms with E-state index in [-0.39, 0.29) is 4.90 Å². The first kappa shape index (κ1) is 21.6. The highest BCUT2D eigenvalue weighted by molar-refractivity contribution is 7.89. The number of sulfonamides is 1. The van der Waals surface area contributed by atoms with E-state index in [9.17, 15) is 8.42 Å².